The molecule has 0 saturated carbocycles. The minimum absolute atomic E-state index is 0.0716. The van der Waals surface area contributed by atoms with Gasteiger partial charge in [-0.1, -0.05) is 6.32 Å². The van der Waals surface area contributed by atoms with Crippen molar-refractivity contribution in [1.82, 2.24) is 0 Å². The molecule has 18 heavy (non-hydrogen) atoms. The molecule has 0 aromatic rings. The summed E-state index contributed by atoms with van der Waals surface area (Å²) in [6, 6.07) is 0. The van der Waals surface area contributed by atoms with Gasteiger partial charge in [-0.25, -0.2) is 0 Å². The van der Waals surface area contributed by atoms with Crippen molar-refractivity contribution in [3.05, 3.63) is 0 Å². The fourth-order valence-electron chi connectivity index (χ4n) is 2.04. The molecular weight excluding hydrogens is 235 g/mol. The van der Waals surface area contributed by atoms with E-state index in [1.165, 1.54) is 0 Å². The Bertz CT molecular complexity index is 227. The zero-order valence-electron chi connectivity index (χ0n) is 11.8. The Kier molecular flexibility index (Phi) is 7.18. The van der Waals surface area contributed by atoms with E-state index < -0.39 is 6.10 Å². The number of aliphatic hydroxyl groups is 1. The first-order chi connectivity index (χ1) is 8.60. The molecule has 0 aromatic heterocycles. The van der Waals surface area contributed by atoms with E-state index in [1.807, 2.05) is 21.7 Å². The van der Waals surface area contributed by atoms with E-state index >= 15 is 0 Å². The van der Waals surface area contributed by atoms with Crippen LogP contribution in [0, 0.1) is 0 Å². The maximum atomic E-state index is 10.2. The first-order valence-electron chi connectivity index (χ1n) is 6.65. The summed E-state index contributed by atoms with van der Waals surface area (Å²) in [4.78, 5) is 0. The van der Waals surface area contributed by atoms with Gasteiger partial charge in [0, 0.05) is 7.11 Å². The van der Waals surface area contributed by atoms with Crippen LogP contribution in [0.4, 0.5) is 0 Å². The van der Waals surface area contributed by atoms with Crippen LogP contribution in [-0.2, 0) is 18.9 Å². The van der Waals surface area contributed by atoms with Gasteiger partial charge >= 0.3 is 0 Å². The van der Waals surface area contributed by atoms with Crippen molar-refractivity contribution in [1.29, 1.82) is 0 Å². The lowest BCUT2D eigenvalue weighted by Gasteiger charge is -2.20. The predicted molar refractivity (Wildman–Crippen MR) is 70.7 cm³/mol. The topological polar surface area (TPSA) is 57.2 Å². The summed E-state index contributed by atoms with van der Waals surface area (Å²) >= 11 is 0. The van der Waals surface area contributed by atoms with Crippen LogP contribution >= 0.6 is 0 Å². The molecule has 5 nitrogen and oxygen atoms in total. The Labute approximate surface area is 110 Å². The third-order valence-electron chi connectivity index (χ3n) is 3.03. The van der Waals surface area contributed by atoms with Crippen molar-refractivity contribution in [2.75, 3.05) is 26.9 Å². The maximum Gasteiger partial charge on any atom is 0.112 e. The molecule has 1 fully saturated rings. The smallest absolute Gasteiger partial charge is 0.112 e. The van der Waals surface area contributed by atoms with Crippen LogP contribution < -0.4 is 0 Å². The largest absolute Gasteiger partial charge is 0.387 e. The normalized spacial score (nSPS) is 32.3. The Hall–Kier alpha value is -0.135. The summed E-state index contributed by atoms with van der Waals surface area (Å²) in [7, 11) is 3.65. The standard InChI is InChI=1S/C12H25BO5/c1-8(2)17-7-10-11(14)12(9(6-13)18-10)16-5-4-15-3/h8-12,14H,4-7,13H2,1-3H3. The van der Waals surface area contributed by atoms with E-state index in [-0.39, 0.29) is 24.4 Å². The Morgan fingerprint density at radius 3 is 2.56 bits per heavy atom. The highest BCUT2D eigenvalue weighted by Gasteiger charge is 2.43. The fraction of sp³-hybridized carbons (Fsp3) is 1.00. The molecular formula is C12H25BO5. The summed E-state index contributed by atoms with van der Waals surface area (Å²) in [5.74, 6) is 0. The lowest BCUT2D eigenvalue weighted by Crippen LogP contribution is -2.37. The van der Waals surface area contributed by atoms with Gasteiger partial charge in [0.25, 0.3) is 0 Å². The Morgan fingerprint density at radius 1 is 1.28 bits per heavy atom. The van der Waals surface area contributed by atoms with Crippen LogP contribution in [0.2, 0.25) is 6.32 Å². The zero-order chi connectivity index (χ0) is 13.5. The summed E-state index contributed by atoms with van der Waals surface area (Å²) in [5.41, 5.74) is 0. The summed E-state index contributed by atoms with van der Waals surface area (Å²) in [6.45, 7) is 5.32. The minimum atomic E-state index is -0.634. The van der Waals surface area contributed by atoms with Gasteiger partial charge in [-0.05, 0) is 13.8 Å². The monoisotopic (exact) mass is 260 g/mol. The number of aliphatic hydroxyl groups excluding tert-OH is 1. The van der Waals surface area contributed by atoms with Gasteiger partial charge in [0.1, 0.15) is 26.2 Å². The molecule has 1 aliphatic heterocycles. The molecule has 0 aromatic carbocycles. The molecule has 1 rings (SSSR count). The molecule has 106 valence electrons. The van der Waals surface area contributed by atoms with Crippen LogP contribution in [-0.4, -0.2) is 70.4 Å². The first-order valence-corrected chi connectivity index (χ1v) is 6.65. The minimum Gasteiger partial charge on any atom is -0.387 e. The Balaban J connectivity index is 2.44. The number of rotatable bonds is 8. The second-order valence-corrected chi connectivity index (χ2v) is 4.82. The van der Waals surface area contributed by atoms with E-state index in [9.17, 15) is 5.11 Å². The molecule has 1 N–H and O–H groups in total. The first kappa shape index (κ1) is 15.9. The molecule has 1 heterocycles. The maximum absolute atomic E-state index is 10.2. The zero-order valence-corrected chi connectivity index (χ0v) is 11.8. The lowest BCUT2D eigenvalue weighted by atomic mass is 9.94. The second-order valence-electron chi connectivity index (χ2n) is 4.82. The van der Waals surface area contributed by atoms with Crippen LogP contribution in [0.15, 0.2) is 0 Å². The lowest BCUT2D eigenvalue weighted by molar-refractivity contribution is -0.0572. The molecule has 6 heteroatoms. The number of ether oxygens (including phenoxy) is 4. The van der Waals surface area contributed by atoms with Crippen molar-refractivity contribution in [2.24, 2.45) is 0 Å². The van der Waals surface area contributed by atoms with E-state index in [4.69, 9.17) is 18.9 Å². The van der Waals surface area contributed by atoms with E-state index in [0.717, 1.165) is 6.32 Å². The molecule has 1 saturated heterocycles. The van der Waals surface area contributed by atoms with Gasteiger partial charge in [-0.15, -0.1) is 0 Å². The van der Waals surface area contributed by atoms with Crippen molar-refractivity contribution in [3.63, 3.8) is 0 Å². The molecule has 0 aliphatic carbocycles. The van der Waals surface area contributed by atoms with Gasteiger partial charge in [-0.2, -0.15) is 0 Å². The third kappa shape index (κ3) is 4.51. The molecule has 0 bridgehead atoms. The summed E-state index contributed by atoms with van der Waals surface area (Å²) < 4.78 is 21.9. The van der Waals surface area contributed by atoms with Crippen LogP contribution in [0.25, 0.3) is 0 Å². The second kappa shape index (κ2) is 8.12. The molecule has 0 spiro atoms. The number of hydrogen-bond acceptors (Lipinski definition) is 5. The highest BCUT2D eigenvalue weighted by atomic mass is 16.6. The van der Waals surface area contributed by atoms with Gasteiger partial charge in [0.05, 0.1) is 32.0 Å². The van der Waals surface area contributed by atoms with Crippen LogP contribution in [0.3, 0.4) is 0 Å². The van der Waals surface area contributed by atoms with Crippen molar-refractivity contribution >= 4 is 7.85 Å². The summed E-state index contributed by atoms with van der Waals surface area (Å²) in [5, 5.41) is 10.2. The fourth-order valence-corrected chi connectivity index (χ4v) is 2.04. The van der Waals surface area contributed by atoms with Gasteiger partial charge in [-0.3, -0.25) is 0 Å². The Morgan fingerprint density at radius 2 is 2.00 bits per heavy atom. The van der Waals surface area contributed by atoms with Gasteiger partial charge < -0.3 is 24.1 Å². The average molecular weight is 260 g/mol. The van der Waals surface area contributed by atoms with Gasteiger partial charge in [0.15, 0.2) is 0 Å². The van der Waals surface area contributed by atoms with Crippen molar-refractivity contribution in [2.45, 2.75) is 50.7 Å². The number of hydrogen-bond donors (Lipinski definition) is 1. The highest BCUT2D eigenvalue weighted by molar-refractivity contribution is 6.08. The molecule has 1 aliphatic rings. The van der Waals surface area contributed by atoms with Crippen molar-refractivity contribution < 1.29 is 24.1 Å². The van der Waals surface area contributed by atoms with Crippen LogP contribution in [0.1, 0.15) is 13.8 Å². The molecule has 0 amide bonds. The van der Waals surface area contributed by atoms with E-state index in [1.54, 1.807) is 7.11 Å². The molecule has 0 radical (unpaired) electrons. The number of methoxy groups -OCH3 is 1. The SMILES string of the molecule is BCC1OC(COC(C)C)C(O)C1OCCOC. The van der Waals surface area contributed by atoms with Gasteiger partial charge in [0.2, 0.25) is 0 Å². The predicted octanol–water partition coefficient (Wildman–Crippen LogP) is -0.377. The molecule has 4 unspecified atom stereocenters. The molecule has 4 atom stereocenters. The van der Waals surface area contributed by atoms with Crippen LogP contribution in [0.5, 0.6) is 0 Å². The average Bonchev–Trinajstić information content (AvgIpc) is 2.64. The quantitative estimate of drug-likeness (QED) is 0.476. The third-order valence-corrected chi connectivity index (χ3v) is 3.03. The van der Waals surface area contributed by atoms with E-state index in [2.05, 4.69) is 0 Å². The summed E-state index contributed by atoms with van der Waals surface area (Å²) in [6.07, 6.45) is -0.347. The van der Waals surface area contributed by atoms with E-state index in [0.29, 0.717) is 19.8 Å². The van der Waals surface area contributed by atoms with Crippen molar-refractivity contribution in [3.8, 4) is 0 Å². The highest BCUT2D eigenvalue weighted by Crippen LogP contribution is 2.26.